The third-order valence-electron chi connectivity index (χ3n) is 2.50. The molecule has 18 heavy (non-hydrogen) atoms. The zero-order valence-electron chi connectivity index (χ0n) is 9.64. The van der Waals surface area contributed by atoms with Gasteiger partial charge in [0, 0.05) is 0 Å². The van der Waals surface area contributed by atoms with Crippen LogP contribution >= 0.6 is 0 Å². The Balaban J connectivity index is 2.07. The number of rotatable bonds is 2. The second kappa shape index (κ2) is 5.18. The van der Waals surface area contributed by atoms with Gasteiger partial charge in [0.2, 0.25) is 5.91 Å². The molecule has 2 aromatic carbocycles. The molecule has 0 aliphatic carbocycles. The van der Waals surface area contributed by atoms with E-state index in [4.69, 9.17) is 5.73 Å². The summed E-state index contributed by atoms with van der Waals surface area (Å²) >= 11 is 0. The first kappa shape index (κ1) is 11.9. The Kier molecular flexibility index (Phi) is 3.43. The van der Waals surface area contributed by atoms with E-state index < -0.39 is 6.03 Å². The molecular formula is C13H13N3O2. The van der Waals surface area contributed by atoms with Gasteiger partial charge in [-0.05, 0) is 16.3 Å². The molecule has 0 aromatic heterocycles. The SMILES string of the molecule is NC(=O)NNC(=O)Cc1ccc2ccccc2c1. The Bertz CT molecular complexity index is 596. The summed E-state index contributed by atoms with van der Waals surface area (Å²) in [6.45, 7) is 0. The number of nitrogens with two attached hydrogens (primary N) is 1. The van der Waals surface area contributed by atoms with Crippen LogP contribution in [-0.2, 0) is 11.2 Å². The van der Waals surface area contributed by atoms with E-state index in [1.165, 1.54) is 0 Å². The molecule has 2 rings (SSSR count). The largest absolute Gasteiger partial charge is 0.350 e. The fourth-order valence-corrected chi connectivity index (χ4v) is 1.71. The van der Waals surface area contributed by atoms with Crippen molar-refractivity contribution in [2.75, 3.05) is 0 Å². The maximum Gasteiger partial charge on any atom is 0.330 e. The lowest BCUT2D eigenvalue weighted by molar-refractivity contribution is -0.121. The summed E-state index contributed by atoms with van der Waals surface area (Å²) in [5.41, 5.74) is 9.97. The Morgan fingerprint density at radius 3 is 2.44 bits per heavy atom. The fraction of sp³-hybridized carbons (Fsp3) is 0.0769. The second-order valence-electron chi connectivity index (χ2n) is 3.90. The quantitative estimate of drug-likeness (QED) is 0.689. The first-order valence-electron chi connectivity index (χ1n) is 5.47. The maximum absolute atomic E-state index is 11.5. The molecule has 3 amide bonds. The van der Waals surface area contributed by atoms with Crippen LogP contribution in [0.3, 0.4) is 0 Å². The summed E-state index contributed by atoms with van der Waals surface area (Å²) < 4.78 is 0. The molecule has 0 spiro atoms. The van der Waals surface area contributed by atoms with E-state index in [-0.39, 0.29) is 12.3 Å². The van der Waals surface area contributed by atoms with Crippen LogP contribution in [0.5, 0.6) is 0 Å². The van der Waals surface area contributed by atoms with Gasteiger partial charge >= 0.3 is 6.03 Å². The van der Waals surface area contributed by atoms with Gasteiger partial charge < -0.3 is 5.73 Å². The molecule has 0 saturated carbocycles. The van der Waals surface area contributed by atoms with Crippen molar-refractivity contribution in [3.05, 3.63) is 48.0 Å². The number of primary amides is 1. The van der Waals surface area contributed by atoms with Gasteiger partial charge in [0.1, 0.15) is 0 Å². The normalized spacial score (nSPS) is 10.0. The Hall–Kier alpha value is -2.56. The minimum atomic E-state index is -0.790. The van der Waals surface area contributed by atoms with Crippen LogP contribution in [0, 0.1) is 0 Å². The molecule has 0 radical (unpaired) electrons. The molecule has 0 saturated heterocycles. The Morgan fingerprint density at radius 1 is 1.00 bits per heavy atom. The molecule has 92 valence electrons. The number of nitrogens with one attached hydrogen (secondary N) is 2. The average molecular weight is 243 g/mol. The van der Waals surface area contributed by atoms with E-state index >= 15 is 0 Å². The topological polar surface area (TPSA) is 84.2 Å². The van der Waals surface area contributed by atoms with Crippen molar-refractivity contribution in [1.82, 2.24) is 10.9 Å². The predicted octanol–water partition coefficient (Wildman–Crippen LogP) is 1.08. The third kappa shape index (κ3) is 2.98. The number of benzene rings is 2. The molecule has 0 heterocycles. The van der Waals surface area contributed by atoms with Crippen LogP contribution in [0.15, 0.2) is 42.5 Å². The highest BCUT2D eigenvalue weighted by Gasteiger charge is 2.04. The minimum Gasteiger partial charge on any atom is -0.350 e. The molecule has 5 heteroatoms. The van der Waals surface area contributed by atoms with Crippen LogP contribution in [0.25, 0.3) is 10.8 Å². The van der Waals surface area contributed by atoms with Gasteiger partial charge in [-0.15, -0.1) is 0 Å². The lowest BCUT2D eigenvalue weighted by Crippen LogP contribution is -2.45. The minimum absolute atomic E-state index is 0.186. The van der Waals surface area contributed by atoms with Crippen molar-refractivity contribution >= 4 is 22.7 Å². The lowest BCUT2D eigenvalue weighted by atomic mass is 10.1. The summed E-state index contributed by atoms with van der Waals surface area (Å²) in [5, 5.41) is 2.20. The van der Waals surface area contributed by atoms with Gasteiger partial charge in [-0.3, -0.25) is 10.2 Å². The highest BCUT2D eigenvalue weighted by atomic mass is 16.2. The van der Waals surface area contributed by atoms with E-state index in [2.05, 4.69) is 5.43 Å². The van der Waals surface area contributed by atoms with Crippen LogP contribution in [0.1, 0.15) is 5.56 Å². The van der Waals surface area contributed by atoms with E-state index in [1.807, 2.05) is 47.9 Å². The predicted molar refractivity (Wildman–Crippen MR) is 68.5 cm³/mol. The summed E-state index contributed by atoms with van der Waals surface area (Å²) in [5.74, 6) is -0.316. The summed E-state index contributed by atoms with van der Waals surface area (Å²) in [7, 11) is 0. The molecule has 5 nitrogen and oxygen atoms in total. The van der Waals surface area contributed by atoms with Crippen molar-refractivity contribution in [2.45, 2.75) is 6.42 Å². The maximum atomic E-state index is 11.5. The molecule has 0 aliphatic rings. The molecule has 4 N–H and O–H groups in total. The number of urea groups is 1. The van der Waals surface area contributed by atoms with E-state index in [0.717, 1.165) is 16.3 Å². The molecule has 0 aliphatic heterocycles. The monoisotopic (exact) mass is 243 g/mol. The van der Waals surface area contributed by atoms with Crippen molar-refractivity contribution in [3.8, 4) is 0 Å². The zero-order chi connectivity index (χ0) is 13.0. The second-order valence-corrected chi connectivity index (χ2v) is 3.90. The molecule has 0 atom stereocenters. The number of hydrogen-bond acceptors (Lipinski definition) is 2. The van der Waals surface area contributed by atoms with E-state index in [9.17, 15) is 9.59 Å². The smallest absolute Gasteiger partial charge is 0.330 e. The summed E-state index contributed by atoms with van der Waals surface area (Å²) in [6.07, 6.45) is 0.186. The van der Waals surface area contributed by atoms with Gasteiger partial charge in [-0.25, -0.2) is 10.2 Å². The molecule has 0 unspecified atom stereocenters. The van der Waals surface area contributed by atoms with E-state index in [0.29, 0.717) is 0 Å². The van der Waals surface area contributed by atoms with Gasteiger partial charge in [0.25, 0.3) is 0 Å². The third-order valence-corrected chi connectivity index (χ3v) is 2.50. The summed E-state index contributed by atoms with van der Waals surface area (Å²) in [6, 6.07) is 12.9. The van der Waals surface area contributed by atoms with Crippen molar-refractivity contribution in [3.63, 3.8) is 0 Å². The standard InChI is InChI=1S/C13H13N3O2/c14-13(18)16-15-12(17)8-9-5-6-10-3-1-2-4-11(10)7-9/h1-7H,8H2,(H,15,17)(H3,14,16,18). The van der Waals surface area contributed by atoms with E-state index in [1.54, 1.807) is 0 Å². The van der Waals surface area contributed by atoms with Crippen molar-refractivity contribution < 1.29 is 9.59 Å². The number of hydrazine groups is 1. The van der Waals surface area contributed by atoms with Crippen LogP contribution in [-0.4, -0.2) is 11.9 Å². The van der Waals surface area contributed by atoms with Crippen molar-refractivity contribution in [2.24, 2.45) is 5.73 Å². The molecule has 0 bridgehead atoms. The number of carbonyl (C=O) groups excluding carboxylic acids is 2. The highest BCUT2D eigenvalue weighted by Crippen LogP contribution is 2.15. The zero-order valence-corrected chi connectivity index (χ0v) is 9.64. The lowest BCUT2D eigenvalue weighted by Gasteiger charge is -2.05. The van der Waals surface area contributed by atoms with Gasteiger partial charge in [0.05, 0.1) is 6.42 Å². The fourth-order valence-electron chi connectivity index (χ4n) is 1.71. The number of hydrogen-bond donors (Lipinski definition) is 3. The number of fused-ring (bicyclic) bond motifs is 1. The van der Waals surface area contributed by atoms with Crippen molar-refractivity contribution in [1.29, 1.82) is 0 Å². The number of amides is 3. The van der Waals surface area contributed by atoms with Gasteiger partial charge in [-0.1, -0.05) is 42.5 Å². The Labute approximate surface area is 104 Å². The van der Waals surface area contributed by atoms with Gasteiger partial charge in [-0.2, -0.15) is 0 Å². The summed E-state index contributed by atoms with van der Waals surface area (Å²) in [4.78, 5) is 21.9. The molecule has 0 fully saturated rings. The molecule has 2 aromatic rings. The van der Waals surface area contributed by atoms with Crippen LogP contribution in [0.2, 0.25) is 0 Å². The van der Waals surface area contributed by atoms with Crippen LogP contribution < -0.4 is 16.6 Å². The molecular weight excluding hydrogens is 230 g/mol. The van der Waals surface area contributed by atoms with Gasteiger partial charge in [0.15, 0.2) is 0 Å². The average Bonchev–Trinajstić information content (AvgIpc) is 2.36. The first-order valence-corrected chi connectivity index (χ1v) is 5.47. The van der Waals surface area contributed by atoms with Crippen LogP contribution in [0.4, 0.5) is 4.79 Å². The number of carbonyl (C=O) groups is 2. The highest BCUT2D eigenvalue weighted by molar-refractivity contribution is 5.86. The Morgan fingerprint density at radius 2 is 1.72 bits per heavy atom. The first-order chi connectivity index (χ1) is 8.65.